The van der Waals surface area contributed by atoms with Crippen molar-refractivity contribution in [3.05, 3.63) is 168 Å². The Balaban J connectivity index is 1.14. The van der Waals surface area contributed by atoms with Gasteiger partial charge in [0.15, 0.2) is 0 Å². The monoisotopic (exact) mass is 622 g/mol. The number of benzene rings is 2. The van der Waals surface area contributed by atoms with E-state index in [9.17, 15) is 0 Å². The van der Waals surface area contributed by atoms with Crippen molar-refractivity contribution in [2.45, 2.75) is 30.3 Å². The fourth-order valence-corrected chi connectivity index (χ4v) is 9.45. The van der Waals surface area contributed by atoms with Gasteiger partial charge in [-0.2, -0.15) is 15.0 Å². The summed E-state index contributed by atoms with van der Waals surface area (Å²) in [7, 11) is 0. The zero-order valence-corrected chi connectivity index (χ0v) is 26.4. The van der Waals surface area contributed by atoms with Crippen molar-refractivity contribution in [2.75, 3.05) is 14.7 Å². The van der Waals surface area contributed by atoms with Crippen LogP contribution in [0.25, 0.3) is 0 Å². The molecule has 6 nitrogen and oxygen atoms in total. The maximum Gasteiger partial charge on any atom is 0.241 e. The van der Waals surface area contributed by atoms with Crippen molar-refractivity contribution >= 4 is 29.2 Å². The van der Waals surface area contributed by atoms with Gasteiger partial charge in [-0.25, -0.2) is 0 Å². The molecular formula is C42H34N6. The molecule has 5 aliphatic carbocycles. The summed E-state index contributed by atoms with van der Waals surface area (Å²) < 4.78 is 0. The number of anilines is 5. The molecule has 8 atom stereocenters. The summed E-state index contributed by atoms with van der Waals surface area (Å²) in [6.45, 7) is 4.12. The van der Waals surface area contributed by atoms with Gasteiger partial charge in [-0.1, -0.05) is 115 Å². The van der Waals surface area contributed by atoms with Gasteiger partial charge in [0, 0.05) is 40.8 Å². The molecule has 48 heavy (non-hydrogen) atoms. The Kier molecular flexibility index (Phi) is 5.41. The SMILES string of the molecule is C=CC1C=C2C(=CC1)N(c1nc(N3C4=CC=CC5C4C5c4ccccc43)nc(N3c4ccccc4C4C=CC=CC43)n1)C1C=CC=CC21. The number of hydrogen-bond acceptors (Lipinski definition) is 6. The van der Waals surface area contributed by atoms with Crippen LogP contribution in [-0.2, 0) is 0 Å². The molecule has 0 radical (unpaired) electrons. The molecule has 0 N–H and O–H groups in total. The minimum Gasteiger partial charge on any atom is -0.303 e. The summed E-state index contributed by atoms with van der Waals surface area (Å²) in [6.07, 6.45) is 32.5. The van der Waals surface area contributed by atoms with Crippen molar-refractivity contribution < 1.29 is 0 Å². The number of aromatic nitrogens is 3. The van der Waals surface area contributed by atoms with Gasteiger partial charge in [-0.05, 0) is 53.2 Å². The first kappa shape index (κ1) is 26.6. The van der Waals surface area contributed by atoms with Gasteiger partial charge >= 0.3 is 0 Å². The zero-order valence-electron chi connectivity index (χ0n) is 26.4. The van der Waals surface area contributed by atoms with E-state index in [1.54, 1.807) is 0 Å². The third kappa shape index (κ3) is 3.55. The highest BCUT2D eigenvalue weighted by molar-refractivity contribution is 5.78. The molecule has 4 heterocycles. The highest BCUT2D eigenvalue weighted by Gasteiger charge is 2.58. The van der Waals surface area contributed by atoms with Crippen molar-refractivity contribution in [1.82, 2.24) is 15.0 Å². The maximum atomic E-state index is 5.45. The van der Waals surface area contributed by atoms with Crippen LogP contribution >= 0.6 is 0 Å². The van der Waals surface area contributed by atoms with Crippen LogP contribution in [0.5, 0.6) is 0 Å². The largest absolute Gasteiger partial charge is 0.303 e. The summed E-state index contributed by atoms with van der Waals surface area (Å²) in [5.41, 5.74) is 8.81. The summed E-state index contributed by atoms with van der Waals surface area (Å²) in [4.78, 5) is 23.4. The van der Waals surface area contributed by atoms with E-state index in [0.29, 0.717) is 41.5 Å². The second kappa shape index (κ2) is 9.77. The van der Waals surface area contributed by atoms with Crippen LogP contribution in [0.3, 0.4) is 0 Å². The van der Waals surface area contributed by atoms with Crippen molar-refractivity contribution in [3.63, 3.8) is 0 Å². The fraction of sp³-hybridized carbons (Fsp3) is 0.214. The molecule has 1 saturated heterocycles. The van der Waals surface area contributed by atoms with E-state index in [4.69, 9.17) is 15.0 Å². The molecule has 1 saturated carbocycles. The van der Waals surface area contributed by atoms with Crippen LogP contribution in [0.4, 0.5) is 29.2 Å². The number of fused-ring (bicyclic) bond motifs is 9. The van der Waals surface area contributed by atoms with E-state index in [2.05, 4.69) is 155 Å². The van der Waals surface area contributed by atoms with Gasteiger partial charge in [-0.15, -0.1) is 6.58 Å². The van der Waals surface area contributed by atoms with Crippen LogP contribution in [0.2, 0.25) is 0 Å². The molecule has 0 amide bonds. The topological polar surface area (TPSA) is 48.4 Å². The van der Waals surface area contributed by atoms with Crippen LogP contribution in [0.1, 0.15) is 29.4 Å². The minimum atomic E-state index is 0.0814. The molecule has 0 spiro atoms. The highest BCUT2D eigenvalue weighted by Crippen LogP contribution is 2.66. The lowest BCUT2D eigenvalue weighted by Gasteiger charge is -2.34. The first-order valence-electron chi connectivity index (χ1n) is 17.2. The van der Waals surface area contributed by atoms with E-state index >= 15 is 0 Å². The second-order valence-corrected chi connectivity index (χ2v) is 14.0. The van der Waals surface area contributed by atoms with E-state index in [1.807, 2.05) is 0 Å². The smallest absolute Gasteiger partial charge is 0.241 e. The molecule has 6 heteroatoms. The summed E-state index contributed by atoms with van der Waals surface area (Å²) in [6, 6.07) is 17.7. The number of hydrogen-bond donors (Lipinski definition) is 0. The van der Waals surface area contributed by atoms with Crippen molar-refractivity contribution in [3.8, 4) is 0 Å². The maximum absolute atomic E-state index is 5.45. The summed E-state index contributed by atoms with van der Waals surface area (Å²) >= 11 is 0. The minimum absolute atomic E-state index is 0.0814. The molecule has 0 bridgehead atoms. The lowest BCUT2D eigenvalue weighted by Crippen LogP contribution is -2.35. The molecule has 232 valence electrons. The van der Waals surface area contributed by atoms with Crippen LogP contribution in [0, 0.1) is 23.7 Å². The predicted molar refractivity (Wildman–Crippen MR) is 191 cm³/mol. The van der Waals surface area contributed by atoms with E-state index < -0.39 is 0 Å². The van der Waals surface area contributed by atoms with Gasteiger partial charge < -0.3 is 9.80 Å². The van der Waals surface area contributed by atoms with Gasteiger partial charge in [0.2, 0.25) is 17.8 Å². The number of para-hydroxylation sites is 2. The van der Waals surface area contributed by atoms with Crippen molar-refractivity contribution in [1.29, 1.82) is 0 Å². The van der Waals surface area contributed by atoms with Gasteiger partial charge in [0.05, 0.1) is 17.8 Å². The fourth-order valence-electron chi connectivity index (χ4n) is 9.45. The highest BCUT2D eigenvalue weighted by atomic mass is 15.4. The second-order valence-electron chi connectivity index (χ2n) is 14.0. The summed E-state index contributed by atoms with van der Waals surface area (Å²) in [5, 5.41) is 0. The molecule has 1 aromatic heterocycles. The Morgan fingerprint density at radius 1 is 0.667 bits per heavy atom. The van der Waals surface area contributed by atoms with E-state index in [1.165, 1.54) is 33.8 Å². The van der Waals surface area contributed by atoms with E-state index in [-0.39, 0.29) is 23.9 Å². The Morgan fingerprint density at radius 2 is 1.35 bits per heavy atom. The third-order valence-corrected chi connectivity index (χ3v) is 11.6. The predicted octanol–water partition coefficient (Wildman–Crippen LogP) is 8.48. The normalized spacial score (nSPS) is 32.0. The first-order chi connectivity index (χ1) is 23.8. The average Bonchev–Trinajstić information content (AvgIpc) is 3.66. The molecule has 8 unspecified atom stereocenters. The first-order valence-corrected chi connectivity index (χ1v) is 17.2. The molecule has 3 aromatic rings. The number of rotatable bonds is 4. The lowest BCUT2D eigenvalue weighted by atomic mass is 9.86. The molecule has 2 fully saturated rings. The standard InChI is InChI=1S/C42H34N6/c1-2-25-22-23-36-31(24-25)28-14-5-9-19-34(28)47(36)41-43-40(46-32-17-7-3-12-26(32)27-13-4-8-18-33(27)46)44-42(45-41)48-35-20-10-6-15-29(35)38-30-16-11-21-37(48)39(30)38/h2-21,23-26,28,30,32,34,38-39H,1,22H2. The Labute approximate surface area is 280 Å². The van der Waals surface area contributed by atoms with Crippen molar-refractivity contribution in [2.24, 2.45) is 23.7 Å². The van der Waals surface area contributed by atoms with E-state index in [0.717, 1.165) is 12.1 Å². The molecule has 2 aromatic carbocycles. The average molecular weight is 623 g/mol. The van der Waals surface area contributed by atoms with Gasteiger partial charge in [-0.3, -0.25) is 4.90 Å². The summed E-state index contributed by atoms with van der Waals surface area (Å²) in [5.74, 6) is 4.33. The van der Waals surface area contributed by atoms with Gasteiger partial charge in [0.1, 0.15) is 0 Å². The molecule has 11 rings (SSSR count). The van der Waals surface area contributed by atoms with Crippen LogP contribution in [-0.4, -0.2) is 27.0 Å². The molecular weight excluding hydrogens is 589 g/mol. The number of allylic oxidation sites excluding steroid dienone is 12. The Morgan fingerprint density at radius 3 is 2.19 bits per heavy atom. The zero-order chi connectivity index (χ0) is 31.5. The quantitative estimate of drug-likeness (QED) is 0.272. The molecule has 8 aliphatic rings. The Bertz CT molecular complexity index is 2180. The van der Waals surface area contributed by atoms with Crippen LogP contribution in [0.15, 0.2) is 157 Å². The molecule has 3 aliphatic heterocycles. The Hall–Kier alpha value is -5.49. The third-order valence-electron chi connectivity index (χ3n) is 11.6. The van der Waals surface area contributed by atoms with Crippen LogP contribution < -0.4 is 14.7 Å². The lowest BCUT2D eigenvalue weighted by molar-refractivity contribution is 0.680. The van der Waals surface area contributed by atoms with Gasteiger partial charge in [0.25, 0.3) is 0 Å². The number of nitrogens with zero attached hydrogens (tertiary/aromatic N) is 6.